The minimum Gasteiger partial charge on any atom is -0.341 e. The summed E-state index contributed by atoms with van der Waals surface area (Å²) in [5.41, 5.74) is 2.42. The molecular weight excluding hydrogens is 559 g/mol. The number of pyridine rings is 1. The molecule has 0 spiro atoms. The van der Waals surface area contributed by atoms with Crippen LogP contribution in [0.3, 0.4) is 0 Å². The first-order chi connectivity index (χ1) is 18.0. The van der Waals surface area contributed by atoms with Crippen molar-refractivity contribution in [3.63, 3.8) is 0 Å². The van der Waals surface area contributed by atoms with E-state index in [2.05, 4.69) is 42.9 Å². The molecule has 0 saturated carbocycles. The van der Waals surface area contributed by atoms with Crippen LogP contribution in [0.1, 0.15) is 50.9 Å². The fourth-order valence-corrected chi connectivity index (χ4v) is 6.05. The lowest BCUT2D eigenvalue weighted by Crippen LogP contribution is -2.61. The quantitative estimate of drug-likeness (QED) is 0.546. The lowest BCUT2D eigenvalue weighted by atomic mass is 9.91. The summed E-state index contributed by atoms with van der Waals surface area (Å²) in [6.45, 7) is 11.9. The van der Waals surface area contributed by atoms with E-state index in [0.29, 0.717) is 31.0 Å². The molecule has 3 atom stereocenters. The Hall–Kier alpha value is -2.33. The average molecular weight is 599 g/mol. The Kier molecular flexibility index (Phi) is 10.2. The average Bonchev–Trinajstić information content (AvgIpc) is 3.31. The first-order valence-electron chi connectivity index (χ1n) is 13.5. The Morgan fingerprint density at radius 2 is 1.90 bits per heavy atom. The Balaban J connectivity index is 0.00000220. The molecule has 3 aliphatic rings. The van der Waals surface area contributed by atoms with Crippen molar-refractivity contribution >= 4 is 42.3 Å². The molecule has 220 valence electrons. The van der Waals surface area contributed by atoms with Crippen molar-refractivity contribution in [2.45, 2.75) is 58.0 Å². The number of piperazine rings is 1. The summed E-state index contributed by atoms with van der Waals surface area (Å²) in [6, 6.07) is 5.80. The molecule has 2 saturated heterocycles. The van der Waals surface area contributed by atoms with Crippen molar-refractivity contribution in [1.82, 2.24) is 20.1 Å². The van der Waals surface area contributed by atoms with Gasteiger partial charge in [0, 0.05) is 75.3 Å². The number of carbonyl (C=O) groups excluding carboxylic acids is 2. The zero-order valence-electron chi connectivity index (χ0n) is 23.5. The van der Waals surface area contributed by atoms with Crippen molar-refractivity contribution < 1.29 is 18.4 Å². The summed E-state index contributed by atoms with van der Waals surface area (Å²) in [5.74, 6) is -0.663. The molecule has 2 aromatic rings. The predicted octanol–water partition coefficient (Wildman–Crippen LogP) is 3.95. The second kappa shape index (κ2) is 12.7. The lowest BCUT2D eigenvalue weighted by molar-refractivity contribution is -0.128. The molecule has 0 radical (unpaired) electrons. The van der Waals surface area contributed by atoms with Gasteiger partial charge in [-0.05, 0) is 36.1 Å². The fourth-order valence-electron chi connectivity index (χ4n) is 6.05. The van der Waals surface area contributed by atoms with Crippen LogP contribution in [0.2, 0.25) is 0 Å². The third-order valence-corrected chi connectivity index (χ3v) is 8.02. The molecule has 0 bridgehead atoms. The Bertz CT molecular complexity index is 1250. The zero-order chi connectivity index (χ0) is 27.2. The van der Waals surface area contributed by atoms with Gasteiger partial charge in [-0.1, -0.05) is 26.8 Å². The van der Waals surface area contributed by atoms with Crippen LogP contribution in [0.25, 0.3) is 0 Å². The maximum absolute atomic E-state index is 14.3. The highest BCUT2D eigenvalue weighted by Crippen LogP contribution is 2.40. The van der Waals surface area contributed by atoms with E-state index in [-0.39, 0.29) is 67.1 Å². The molecule has 2 amide bonds. The molecule has 40 heavy (non-hydrogen) atoms. The van der Waals surface area contributed by atoms with E-state index in [0.717, 1.165) is 42.6 Å². The number of rotatable bonds is 6. The normalized spacial score (nSPS) is 23.9. The number of amides is 2. The predicted molar refractivity (Wildman–Crippen MR) is 156 cm³/mol. The van der Waals surface area contributed by atoms with Crippen LogP contribution in [-0.2, 0) is 21.4 Å². The van der Waals surface area contributed by atoms with Gasteiger partial charge in [0.1, 0.15) is 11.6 Å². The monoisotopic (exact) mass is 597 g/mol. The van der Waals surface area contributed by atoms with E-state index in [1.54, 1.807) is 11.1 Å². The van der Waals surface area contributed by atoms with Gasteiger partial charge in [-0.3, -0.25) is 19.5 Å². The largest absolute Gasteiger partial charge is 0.341 e. The third kappa shape index (κ3) is 6.75. The maximum Gasteiger partial charge on any atom is 0.241 e. The summed E-state index contributed by atoms with van der Waals surface area (Å²) in [7, 11) is 0. The van der Waals surface area contributed by atoms with Gasteiger partial charge in [0.25, 0.3) is 0 Å². The molecule has 5 rings (SSSR count). The zero-order valence-corrected chi connectivity index (χ0v) is 25.1. The summed E-state index contributed by atoms with van der Waals surface area (Å²) in [6.07, 6.45) is 2.57. The summed E-state index contributed by atoms with van der Waals surface area (Å²) in [5, 5.41) is 3.50. The van der Waals surface area contributed by atoms with Gasteiger partial charge in [-0.2, -0.15) is 0 Å². The molecule has 11 heteroatoms. The Morgan fingerprint density at radius 1 is 1.15 bits per heavy atom. The fraction of sp³-hybridized carbons (Fsp3) is 0.552. The van der Waals surface area contributed by atoms with Gasteiger partial charge < -0.3 is 15.1 Å². The molecule has 1 N–H and O–H groups in total. The molecule has 0 aliphatic carbocycles. The van der Waals surface area contributed by atoms with Gasteiger partial charge >= 0.3 is 0 Å². The minimum absolute atomic E-state index is 0. The van der Waals surface area contributed by atoms with Gasteiger partial charge in [-0.25, -0.2) is 8.78 Å². The number of nitrogens with one attached hydrogen (secondary N) is 1. The molecule has 0 unspecified atom stereocenters. The number of likely N-dealkylation sites (tertiary alicyclic amines) is 1. The molecule has 2 fully saturated rings. The molecule has 3 aliphatic heterocycles. The number of fused-ring (bicyclic) bond motifs is 1. The highest BCUT2D eigenvalue weighted by atomic mass is 35.5. The van der Waals surface area contributed by atoms with Crippen molar-refractivity contribution in [3.8, 4) is 0 Å². The van der Waals surface area contributed by atoms with E-state index in [1.165, 1.54) is 12.1 Å². The standard InChI is InChI=1S/C29H37F2N5O2.2ClH/c1-18-7-26(37)35(13-18)15-23-12-32-19(2)14-34(23)16-27(38)36-17-29(3,4)28-25(36)9-20(11-33-28)8-21-5-6-22(30)10-24(21)31;;/h5-6,9-11,18-19,23,32H,7-8,12-17H2,1-4H3;2*1H/t18-,19+,23+;;/m0../s1. The molecule has 1 aromatic heterocycles. The first kappa shape index (κ1) is 32.2. The van der Waals surface area contributed by atoms with E-state index < -0.39 is 11.6 Å². The summed E-state index contributed by atoms with van der Waals surface area (Å²) in [4.78, 5) is 36.8. The first-order valence-corrected chi connectivity index (χ1v) is 13.5. The van der Waals surface area contributed by atoms with Gasteiger partial charge in [0.05, 0.1) is 17.9 Å². The molecule has 1 aromatic carbocycles. The van der Waals surface area contributed by atoms with E-state index in [9.17, 15) is 18.4 Å². The van der Waals surface area contributed by atoms with Crippen molar-refractivity contribution in [2.24, 2.45) is 5.92 Å². The lowest BCUT2D eigenvalue weighted by Gasteiger charge is -2.41. The molecule has 7 nitrogen and oxygen atoms in total. The molecule has 4 heterocycles. The van der Waals surface area contributed by atoms with E-state index >= 15 is 0 Å². The van der Waals surface area contributed by atoms with Gasteiger partial charge in [0.15, 0.2) is 0 Å². The maximum atomic E-state index is 14.3. The van der Waals surface area contributed by atoms with Crippen molar-refractivity contribution in [3.05, 3.63) is 58.9 Å². The number of halogens is 4. The van der Waals surface area contributed by atoms with E-state index in [4.69, 9.17) is 0 Å². The number of carbonyl (C=O) groups is 2. The van der Waals surface area contributed by atoms with Crippen molar-refractivity contribution in [1.29, 1.82) is 0 Å². The summed E-state index contributed by atoms with van der Waals surface area (Å²) < 4.78 is 27.7. The van der Waals surface area contributed by atoms with Crippen LogP contribution < -0.4 is 10.2 Å². The second-order valence-corrected chi connectivity index (χ2v) is 12.0. The number of hydrogen-bond donors (Lipinski definition) is 1. The van der Waals surface area contributed by atoms with E-state index in [1.807, 2.05) is 11.0 Å². The van der Waals surface area contributed by atoms with Crippen LogP contribution in [0, 0.1) is 17.6 Å². The topological polar surface area (TPSA) is 68.8 Å². The highest BCUT2D eigenvalue weighted by Gasteiger charge is 2.41. The number of nitrogens with zero attached hydrogens (tertiary/aromatic N) is 4. The van der Waals surface area contributed by atoms with Gasteiger partial charge in [0.2, 0.25) is 11.8 Å². The minimum atomic E-state index is -0.610. The van der Waals surface area contributed by atoms with Crippen LogP contribution in [0.4, 0.5) is 14.5 Å². The SMILES string of the molecule is C[C@H]1CC(=O)N(C[C@H]2CN[C@H](C)CN2CC(=O)N2CC(C)(C)c3ncc(Cc4ccc(F)cc4F)cc32)C1.Cl.Cl. The number of anilines is 1. The number of benzene rings is 1. The third-order valence-electron chi connectivity index (χ3n) is 8.02. The number of aromatic nitrogens is 1. The van der Waals surface area contributed by atoms with Crippen LogP contribution in [0.5, 0.6) is 0 Å². The van der Waals surface area contributed by atoms with Crippen LogP contribution >= 0.6 is 24.8 Å². The van der Waals surface area contributed by atoms with Crippen LogP contribution in [0.15, 0.2) is 30.5 Å². The molecular formula is C29H39Cl2F2N5O2. The van der Waals surface area contributed by atoms with Crippen molar-refractivity contribution in [2.75, 3.05) is 44.2 Å². The Labute approximate surface area is 247 Å². The summed E-state index contributed by atoms with van der Waals surface area (Å²) >= 11 is 0. The Morgan fingerprint density at radius 3 is 2.58 bits per heavy atom. The second-order valence-electron chi connectivity index (χ2n) is 12.0. The highest BCUT2D eigenvalue weighted by molar-refractivity contribution is 5.97. The smallest absolute Gasteiger partial charge is 0.241 e. The van der Waals surface area contributed by atoms with Crippen LogP contribution in [-0.4, -0.2) is 78.0 Å². The number of hydrogen-bond acceptors (Lipinski definition) is 5. The van der Waals surface area contributed by atoms with Gasteiger partial charge in [-0.15, -0.1) is 24.8 Å².